The molecule has 0 aliphatic carbocycles. The van der Waals surface area contributed by atoms with E-state index >= 15 is 0 Å². The molecular weight excluding hydrogens is 394 g/mol. The first-order valence-electron chi connectivity index (χ1n) is 9.15. The molecule has 1 aliphatic rings. The van der Waals surface area contributed by atoms with E-state index in [1.807, 2.05) is 30.3 Å². The highest BCUT2D eigenvalue weighted by Crippen LogP contribution is 2.28. The van der Waals surface area contributed by atoms with Gasteiger partial charge in [0.25, 0.3) is 0 Å². The molecule has 0 spiro atoms. The lowest BCUT2D eigenvalue weighted by Gasteiger charge is -2.29. The summed E-state index contributed by atoms with van der Waals surface area (Å²) in [6.07, 6.45) is 0. The summed E-state index contributed by atoms with van der Waals surface area (Å²) in [6.45, 7) is 9.09. The number of amides is 1. The smallest absolute Gasteiger partial charge is 0.236 e. The van der Waals surface area contributed by atoms with Crippen molar-refractivity contribution in [3.8, 4) is 0 Å². The number of carbonyl (C=O) groups is 1. The van der Waals surface area contributed by atoms with Crippen LogP contribution < -0.4 is 5.32 Å². The van der Waals surface area contributed by atoms with E-state index in [0.29, 0.717) is 18.3 Å². The lowest BCUT2D eigenvalue weighted by molar-refractivity contribution is -0.113. The minimum Gasteiger partial charge on any atom is -0.378 e. The molecule has 7 nitrogen and oxygen atoms in total. The van der Waals surface area contributed by atoms with Crippen LogP contribution in [0.1, 0.15) is 25.8 Å². The molecule has 1 amide bonds. The average molecular weight is 420 g/mol. The third-order valence-corrected chi connectivity index (χ3v) is 6.19. The normalized spacial score (nSPS) is 15.5. The number of aromatic nitrogens is 2. The van der Waals surface area contributed by atoms with Crippen molar-refractivity contribution < 1.29 is 9.53 Å². The van der Waals surface area contributed by atoms with Gasteiger partial charge in [0, 0.05) is 18.5 Å². The molecule has 1 aromatic carbocycles. The number of ether oxygens (including phenoxy) is 1. The third-order valence-electron chi connectivity index (χ3n) is 3.91. The van der Waals surface area contributed by atoms with Crippen molar-refractivity contribution in [3.05, 3.63) is 35.3 Å². The minimum absolute atomic E-state index is 0.0821. The number of anilines is 1. The van der Waals surface area contributed by atoms with Gasteiger partial charge in [-0.3, -0.25) is 10.1 Å². The van der Waals surface area contributed by atoms with Crippen molar-refractivity contribution in [2.75, 3.05) is 37.4 Å². The first-order chi connectivity index (χ1) is 13.4. The van der Waals surface area contributed by atoms with Crippen molar-refractivity contribution in [2.45, 2.75) is 26.2 Å². The number of amidine groups is 1. The Labute approximate surface area is 173 Å². The fraction of sp³-hybridized carbons (Fsp3) is 0.474. The zero-order valence-corrected chi connectivity index (χ0v) is 18.0. The number of thioether (sulfide) groups is 1. The zero-order chi connectivity index (χ0) is 20.0. The standard InChI is InChI=1S/C19H25N5O2S2/c1-19(2,3)16-22-23-17(28-16)21-15(25)13-27-18(24-9-11-26-12-10-24)20-14-7-5-4-6-8-14/h4-8H,9-13H2,1-3H3,(H,21,23,25). The fourth-order valence-electron chi connectivity index (χ4n) is 2.42. The van der Waals surface area contributed by atoms with E-state index in [-0.39, 0.29) is 17.1 Å². The van der Waals surface area contributed by atoms with Crippen LogP contribution in [0.2, 0.25) is 0 Å². The number of morpholine rings is 1. The summed E-state index contributed by atoms with van der Waals surface area (Å²) in [4.78, 5) is 19.3. The van der Waals surface area contributed by atoms with E-state index in [0.717, 1.165) is 29.0 Å². The van der Waals surface area contributed by atoms with E-state index in [9.17, 15) is 4.79 Å². The van der Waals surface area contributed by atoms with Crippen LogP contribution in [-0.2, 0) is 14.9 Å². The minimum atomic E-state index is -0.115. The Morgan fingerprint density at radius 2 is 1.96 bits per heavy atom. The number of carbonyl (C=O) groups excluding carboxylic acids is 1. The Bertz CT molecular complexity index is 811. The van der Waals surface area contributed by atoms with Gasteiger partial charge in [0.1, 0.15) is 5.01 Å². The summed E-state index contributed by atoms with van der Waals surface area (Å²) in [5.74, 6) is 0.142. The predicted octanol–water partition coefficient (Wildman–Crippen LogP) is 3.53. The van der Waals surface area contributed by atoms with Crippen LogP contribution in [0.15, 0.2) is 35.3 Å². The van der Waals surface area contributed by atoms with E-state index in [1.165, 1.54) is 23.1 Å². The summed E-state index contributed by atoms with van der Waals surface area (Å²) in [5, 5.41) is 13.3. The van der Waals surface area contributed by atoms with Gasteiger partial charge in [-0.1, -0.05) is 62.1 Å². The number of rotatable bonds is 4. The SMILES string of the molecule is CC(C)(C)c1nnc(NC(=O)CSC(=Nc2ccccc2)N2CCOCC2)s1. The van der Waals surface area contributed by atoms with Crippen LogP contribution in [0.3, 0.4) is 0 Å². The molecule has 0 bridgehead atoms. The first kappa shape index (κ1) is 20.8. The highest BCUT2D eigenvalue weighted by Gasteiger charge is 2.21. The lowest BCUT2D eigenvalue weighted by atomic mass is 9.98. The molecule has 1 fully saturated rings. The van der Waals surface area contributed by atoms with Crippen molar-refractivity contribution in [1.29, 1.82) is 0 Å². The number of nitrogens with one attached hydrogen (secondary N) is 1. The van der Waals surface area contributed by atoms with Crippen LogP contribution in [0.5, 0.6) is 0 Å². The molecule has 0 radical (unpaired) electrons. The van der Waals surface area contributed by atoms with Crippen molar-refractivity contribution in [3.63, 3.8) is 0 Å². The number of hydrogen-bond donors (Lipinski definition) is 1. The molecule has 9 heteroatoms. The molecule has 1 aliphatic heterocycles. The average Bonchev–Trinajstić information content (AvgIpc) is 3.15. The lowest BCUT2D eigenvalue weighted by Crippen LogP contribution is -2.39. The third kappa shape index (κ3) is 6.02. The van der Waals surface area contributed by atoms with Crippen molar-refractivity contribution >= 4 is 45.0 Å². The second-order valence-corrected chi connectivity index (χ2v) is 9.25. The molecule has 28 heavy (non-hydrogen) atoms. The summed E-state index contributed by atoms with van der Waals surface area (Å²) in [5.41, 5.74) is 0.789. The molecule has 2 aromatic rings. The zero-order valence-electron chi connectivity index (χ0n) is 16.3. The van der Waals surface area contributed by atoms with Crippen LogP contribution in [0, 0.1) is 0 Å². The number of para-hydroxylation sites is 1. The largest absolute Gasteiger partial charge is 0.378 e. The summed E-state index contributed by atoms with van der Waals surface area (Å²) in [6, 6.07) is 9.78. The van der Waals surface area contributed by atoms with Crippen LogP contribution in [0.25, 0.3) is 0 Å². The van der Waals surface area contributed by atoms with Crippen LogP contribution in [-0.4, -0.2) is 58.2 Å². The predicted molar refractivity (Wildman–Crippen MR) is 116 cm³/mol. The highest BCUT2D eigenvalue weighted by atomic mass is 32.2. The van der Waals surface area contributed by atoms with E-state index in [4.69, 9.17) is 9.73 Å². The fourth-order valence-corrected chi connectivity index (χ4v) is 4.11. The van der Waals surface area contributed by atoms with Gasteiger partial charge in [-0.25, -0.2) is 4.99 Å². The van der Waals surface area contributed by atoms with Crippen LogP contribution in [0.4, 0.5) is 10.8 Å². The van der Waals surface area contributed by atoms with E-state index in [1.54, 1.807) is 0 Å². The quantitative estimate of drug-likeness (QED) is 0.603. The number of hydrogen-bond acceptors (Lipinski definition) is 7. The Balaban J connectivity index is 1.63. The van der Waals surface area contributed by atoms with Gasteiger partial charge in [0.05, 0.1) is 24.7 Å². The van der Waals surface area contributed by atoms with Gasteiger partial charge in [-0.15, -0.1) is 10.2 Å². The number of benzene rings is 1. The summed E-state index contributed by atoms with van der Waals surface area (Å²) in [7, 11) is 0. The van der Waals surface area contributed by atoms with E-state index < -0.39 is 0 Å². The molecule has 2 heterocycles. The monoisotopic (exact) mass is 419 g/mol. The van der Waals surface area contributed by atoms with Crippen molar-refractivity contribution in [2.24, 2.45) is 4.99 Å². The second kappa shape index (κ2) is 9.49. The van der Waals surface area contributed by atoms with Gasteiger partial charge in [-0.2, -0.15) is 0 Å². The molecule has 150 valence electrons. The van der Waals surface area contributed by atoms with Gasteiger partial charge in [-0.05, 0) is 12.1 Å². The van der Waals surface area contributed by atoms with Gasteiger partial charge in [0.15, 0.2) is 5.17 Å². The van der Waals surface area contributed by atoms with E-state index in [2.05, 4.69) is 41.2 Å². The molecule has 1 aromatic heterocycles. The number of nitrogens with zero attached hydrogens (tertiary/aromatic N) is 4. The Hall–Kier alpha value is -1.97. The molecule has 0 unspecified atom stereocenters. The maximum Gasteiger partial charge on any atom is 0.236 e. The van der Waals surface area contributed by atoms with Gasteiger partial charge in [0.2, 0.25) is 11.0 Å². The Kier molecular flexibility index (Phi) is 7.03. The first-order valence-corrected chi connectivity index (χ1v) is 10.9. The Morgan fingerprint density at radius 1 is 1.25 bits per heavy atom. The van der Waals surface area contributed by atoms with Gasteiger partial charge >= 0.3 is 0 Å². The number of aliphatic imine (C=N–C) groups is 1. The molecule has 0 saturated carbocycles. The Morgan fingerprint density at radius 3 is 2.61 bits per heavy atom. The molecular formula is C19H25N5O2S2. The summed E-state index contributed by atoms with van der Waals surface area (Å²) >= 11 is 2.84. The van der Waals surface area contributed by atoms with Gasteiger partial charge < -0.3 is 9.64 Å². The second-order valence-electron chi connectivity index (χ2n) is 7.33. The topological polar surface area (TPSA) is 79.7 Å². The molecule has 1 saturated heterocycles. The summed E-state index contributed by atoms with van der Waals surface area (Å²) < 4.78 is 5.44. The highest BCUT2D eigenvalue weighted by molar-refractivity contribution is 8.14. The molecule has 1 N–H and O–H groups in total. The van der Waals surface area contributed by atoms with Crippen LogP contribution >= 0.6 is 23.1 Å². The van der Waals surface area contributed by atoms with Crippen molar-refractivity contribution in [1.82, 2.24) is 15.1 Å². The molecule has 0 atom stereocenters. The maximum absolute atomic E-state index is 12.4. The maximum atomic E-state index is 12.4. The molecule has 3 rings (SSSR count).